The van der Waals surface area contributed by atoms with E-state index in [2.05, 4.69) is 53.3 Å². The number of likely N-dealkylation sites (tertiary alicyclic amines) is 1. The first-order chi connectivity index (χ1) is 14.2. The molecule has 0 amide bonds. The van der Waals surface area contributed by atoms with Crippen LogP contribution in [0.5, 0.6) is 0 Å². The summed E-state index contributed by atoms with van der Waals surface area (Å²) in [6.45, 7) is 10.5. The maximum atomic E-state index is 5.77. The third-order valence-corrected chi connectivity index (χ3v) is 5.01. The van der Waals surface area contributed by atoms with E-state index in [9.17, 15) is 0 Å². The summed E-state index contributed by atoms with van der Waals surface area (Å²) in [7, 11) is 0. The van der Waals surface area contributed by atoms with Crippen molar-refractivity contribution >= 4 is 5.96 Å². The Kier molecular flexibility index (Phi) is 8.04. The Balaban J connectivity index is 1.66. The standard InChI is InChI=1S/C22H33N5O2/c1-4-8-20-25-21(29-26-20)18-10-7-9-17(15-18)16-24-22(23-5-2)27-13-11-19(12-14-27)28-6-3/h7,9-10,15,19H,4-6,8,11-14,16H2,1-3H3,(H,23,24). The van der Waals surface area contributed by atoms with E-state index in [4.69, 9.17) is 14.3 Å². The van der Waals surface area contributed by atoms with Gasteiger partial charge in [-0.3, -0.25) is 0 Å². The topological polar surface area (TPSA) is 75.8 Å². The molecule has 2 heterocycles. The fourth-order valence-electron chi connectivity index (χ4n) is 3.56. The van der Waals surface area contributed by atoms with E-state index in [0.29, 0.717) is 18.5 Å². The number of nitrogens with one attached hydrogen (secondary N) is 1. The minimum Gasteiger partial charge on any atom is -0.378 e. The van der Waals surface area contributed by atoms with Crippen molar-refractivity contribution in [1.82, 2.24) is 20.4 Å². The Bertz CT molecular complexity index is 781. The molecule has 1 aromatic carbocycles. The summed E-state index contributed by atoms with van der Waals surface area (Å²) >= 11 is 0. The normalized spacial score (nSPS) is 15.7. The molecule has 0 radical (unpaired) electrons. The summed E-state index contributed by atoms with van der Waals surface area (Å²) in [5.41, 5.74) is 2.06. The van der Waals surface area contributed by atoms with Crippen LogP contribution >= 0.6 is 0 Å². The number of hydrogen-bond donors (Lipinski definition) is 1. The molecule has 1 aliphatic rings. The molecule has 1 aromatic heterocycles. The maximum absolute atomic E-state index is 5.77. The number of nitrogens with zero attached hydrogens (tertiary/aromatic N) is 4. The van der Waals surface area contributed by atoms with Crippen LogP contribution in [-0.2, 0) is 17.7 Å². The molecule has 0 atom stereocenters. The van der Waals surface area contributed by atoms with Crippen LogP contribution < -0.4 is 5.32 Å². The van der Waals surface area contributed by atoms with Crippen LogP contribution in [0.1, 0.15) is 51.4 Å². The van der Waals surface area contributed by atoms with Crippen LogP contribution in [0.25, 0.3) is 11.5 Å². The van der Waals surface area contributed by atoms with Crippen LogP contribution in [-0.4, -0.2) is 53.3 Å². The predicted octanol–water partition coefficient (Wildman–Crippen LogP) is 3.66. The number of benzene rings is 1. The number of ether oxygens (including phenoxy) is 1. The molecule has 2 aromatic rings. The van der Waals surface area contributed by atoms with Gasteiger partial charge >= 0.3 is 0 Å². The van der Waals surface area contributed by atoms with Crippen LogP contribution in [0, 0.1) is 0 Å². The molecule has 1 N–H and O–H groups in total. The van der Waals surface area contributed by atoms with Gasteiger partial charge in [0.1, 0.15) is 0 Å². The average Bonchev–Trinajstić information content (AvgIpc) is 3.21. The number of piperidine rings is 1. The van der Waals surface area contributed by atoms with Crippen molar-refractivity contribution in [2.45, 2.75) is 59.1 Å². The average molecular weight is 400 g/mol. The largest absolute Gasteiger partial charge is 0.378 e. The van der Waals surface area contributed by atoms with Gasteiger partial charge in [0.15, 0.2) is 11.8 Å². The number of guanidine groups is 1. The summed E-state index contributed by atoms with van der Waals surface area (Å²) in [4.78, 5) is 11.7. The zero-order valence-corrected chi connectivity index (χ0v) is 17.9. The Morgan fingerprint density at radius 1 is 1.28 bits per heavy atom. The Morgan fingerprint density at radius 3 is 2.83 bits per heavy atom. The zero-order valence-electron chi connectivity index (χ0n) is 17.9. The molecule has 0 saturated carbocycles. The van der Waals surface area contributed by atoms with E-state index < -0.39 is 0 Å². The highest BCUT2D eigenvalue weighted by Gasteiger charge is 2.21. The van der Waals surface area contributed by atoms with Crippen LogP contribution in [0.3, 0.4) is 0 Å². The second-order valence-corrected chi connectivity index (χ2v) is 7.28. The van der Waals surface area contributed by atoms with Gasteiger partial charge in [0.25, 0.3) is 5.89 Å². The van der Waals surface area contributed by atoms with E-state index in [1.807, 2.05) is 12.1 Å². The van der Waals surface area contributed by atoms with Crippen LogP contribution in [0.2, 0.25) is 0 Å². The van der Waals surface area contributed by atoms with Gasteiger partial charge < -0.3 is 19.5 Å². The first-order valence-corrected chi connectivity index (χ1v) is 10.8. The fourth-order valence-corrected chi connectivity index (χ4v) is 3.56. The molecule has 0 aliphatic carbocycles. The van der Waals surface area contributed by atoms with Crippen molar-refractivity contribution in [2.75, 3.05) is 26.2 Å². The lowest BCUT2D eigenvalue weighted by Crippen LogP contribution is -2.47. The molecule has 0 unspecified atom stereocenters. The van der Waals surface area contributed by atoms with Crippen molar-refractivity contribution in [3.8, 4) is 11.5 Å². The summed E-state index contributed by atoms with van der Waals surface area (Å²) in [5.74, 6) is 2.30. The molecule has 1 fully saturated rings. The predicted molar refractivity (Wildman–Crippen MR) is 115 cm³/mol. The Morgan fingerprint density at radius 2 is 2.10 bits per heavy atom. The summed E-state index contributed by atoms with van der Waals surface area (Å²) in [6.07, 6.45) is 4.31. The molecule has 29 heavy (non-hydrogen) atoms. The third-order valence-electron chi connectivity index (χ3n) is 5.01. The van der Waals surface area contributed by atoms with Gasteiger partial charge in [-0.1, -0.05) is 24.2 Å². The van der Waals surface area contributed by atoms with Crippen molar-refractivity contribution in [2.24, 2.45) is 4.99 Å². The van der Waals surface area contributed by atoms with Crippen molar-refractivity contribution in [3.05, 3.63) is 35.7 Å². The highest BCUT2D eigenvalue weighted by atomic mass is 16.5. The molecule has 7 heteroatoms. The van der Waals surface area contributed by atoms with Gasteiger partial charge in [0.05, 0.1) is 12.6 Å². The van der Waals surface area contributed by atoms with Gasteiger partial charge in [-0.15, -0.1) is 0 Å². The lowest BCUT2D eigenvalue weighted by molar-refractivity contribution is 0.0263. The van der Waals surface area contributed by atoms with E-state index >= 15 is 0 Å². The Hall–Kier alpha value is -2.41. The van der Waals surface area contributed by atoms with E-state index in [0.717, 1.165) is 74.8 Å². The van der Waals surface area contributed by atoms with Crippen LogP contribution in [0.4, 0.5) is 0 Å². The molecular weight excluding hydrogens is 366 g/mol. The van der Waals surface area contributed by atoms with Gasteiger partial charge in [0.2, 0.25) is 0 Å². The first kappa shape index (κ1) is 21.3. The Labute approximate surface area is 173 Å². The van der Waals surface area contributed by atoms with Gasteiger partial charge in [-0.05, 0) is 50.8 Å². The number of aliphatic imine (C=N–C) groups is 1. The smallest absolute Gasteiger partial charge is 0.257 e. The van der Waals surface area contributed by atoms with Crippen molar-refractivity contribution < 1.29 is 9.26 Å². The highest BCUT2D eigenvalue weighted by Crippen LogP contribution is 2.20. The molecule has 3 rings (SSSR count). The molecule has 1 saturated heterocycles. The van der Waals surface area contributed by atoms with Gasteiger partial charge in [0, 0.05) is 38.2 Å². The lowest BCUT2D eigenvalue weighted by atomic mass is 10.1. The fraction of sp³-hybridized carbons (Fsp3) is 0.591. The first-order valence-electron chi connectivity index (χ1n) is 10.8. The number of aromatic nitrogens is 2. The molecule has 7 nitrogen and oxygen atoms in total. The van der Waals surface area contributed by atoms with Crippen molar-refractivity contribution in [3.63, 3.8) is 0 Å². The quantitative estimate of drug-likeness (QED) is 0.539. The number of hydrogen-bond acceptors (Lipinski definition) is 5. The second-order valence-electron chi connectivity index (χ2n) is 7.28. The lowest BCUT2D eigenvalue weighted by Gasteiger charge is -2.34. The highest BCUT2D eigenvalue weighted by molar-refractivity contribution is 5.80. The minimum atomic E-state index is 0.378. The second kappa shape index (κ2) is 11.0. The maximum Gasteiger partial charge on any atom is 0.257 e. The molecule has 0 bridgehead atoms. The van der Waals surface area contributed by atoms with E-state index in [-0.39, 0.29) is 0 Å². The summed E-state index contributed by atoms with van der Waals surface area (Å²) < 4.78 is 11.2. The number of rotatable bonds is 8. The monoisotopic (exact) mass is 399 g/mol. The van der Waals surface area contributed by atoms with Gasteiger partial charge in [-0.2, -0.15) is 4.98 Å². The molecule has 158 valence electrons. The van der Waals surface area contributed by atoms with Crippen LogP contribution in [0.15, 0.2) is 33.8 Å². The van der Waals surface area contributed by atoms with E-state index in [1.165, 1.54) is 0 Å². The molecule has 0 spiro atoms. The van der Waals surface area contributed by atoms with Crippen molar-refractivity contribution in [1.29, 1.82) is 0 Å². The van der Waals surface area contributed by atoms with Gasteiger partial charge in [-0.25, -0.2) is 4.99 Å². The zero-order chi connectivity index (χ0) is 20.5. The molecular formula is C22H33N5O2. The minimum absolute atomic E-state index is 0.378. The summed E-state index contributed by atoms with van der Waals surface area (Å²) in [6, 6.07) is 8.18. The summed E-state index contributed by atoms with van der Waals surface area (Å²) in [5, 5.41) is 7.48. The third kappa shape index (κ3) is 6.03. The van der Waals surface area contributed by atoms with E-state index in [1.54, 1.807) is 0 Å². The number of aryl methyl sites for hydroxylation is 1. The SMILES string of the molecule is CCCc1noc(-c2cccc(CN=C(NCC)N3CCC(OCC)CC3)c2)n1. The molecule has 1 aliphatic heterocycles.